The predicted molar refractivity (Wildman–Crippen MR) is 101 cm³/mol. The number of sulfonamides is 1. The molecule has 0 saturated carbocycles. The van der Waals surface area contributed by atoms with Gasteiger partial charge in [0.25, 0.3) is 0 Å². The van der Waals surface area contributed by atoms with E-state index in [1.54, 1.807) is 24.3 Å². The number of benzene rings is 2. The lowest BCUT2D eigenvalue weighted by atomic mass is 10.1. The van der Waals surface area contributed by atoms with E-state index in [0.29, 0.717) is 17.1 Å². The highest BCUT2D eigenvalue weighted by Gasteiger charge is 2.19. The van der Waals surface area contributed by atoms with E-state index in [1.807, 2.05) is 30.3 Å². The summed E-state index contributed by atoms with van der Waals surface area (Å²) in [6.07, 6.45) is 2.51. The van der Waals surface area contributed by atoms with Crippen LogP contribution in [0.2, 0.25) is 5.02 Å². The summed E-state index contributed by atoms with van der Waals surface area (Å²) in [4.78, 5) is 12.2. The third-order valence-electron chi connectivity index (χ3n) is 3.61. The number of rotatable bonds is 8. The van der Waals surface area contributed by atoms with Crippen LogP contribution >= 0.6 is 11.6 Å². The average Bonchev–Trinajstić information content (AvgIpc) is 2.54. The molecule has 1 amide bonds. The SMILES string of the molecule is CS(=O)(=O)N(CCCc1ccccc1)CC(=O)Nc1cccc(Cl)c1. The molecule has 0 radical (unpaired) electrons. The highest BCUT2D eigenvalue weighted by molar-refractivity contribution is 7.88. The number of nitrogens with one attached hydrogen (secondary N) is 1. The standard InChI is InChI=1S/C18H21ClN2O3S/c1-25(23,24)21(12-6-9-15-7-3-2-4-8-15)14-18(22)20-17-11-5-10-16(19)13-17/h2-5,7-8,10-11,13H,6,9,12,14H2,1H3,(H,20,22). The van der Waals surface area contributed by atoms with Gasteiger partial charge in [-0.25, -0.2) is 8.42 Å². The van der Waals surface area contributed by atoms with Gasteiger partial charge in [-0.15, -0.1) is 0 Å². The van der Waals surface area contributed by atoms with E-state index in [2.05, 4.69) is 5.32 Å². The van der Waals surface area contributed by atoms with Crippen molar-refractivity contribution in [3.05, 3.63) is 65.2 Å². The van der Waals surface area contributed by atoms with E-state index < -0.39 is 15.9 Å². The molecule has 2 aromatic carbocycles. The Hall–Kier alpha value is -1.89. The van der Waals surface area contributed by atoms with Gasteiger partial charge in [0.2, 0.25) is 15.9 Å². The molecule has 1 N–H and O–H groups in total. The maximum absolute atomic E-state index is 12.2. The van der Waals surface area contributed by atoms with Crippen LogP contribution in [0.1, 0.15) is 12.0 Å². The number of carbonyl (C=O) groups is 1. The molecule has 0 spiro atoms. The van der Waals surface area contributed by atoms with Gasteiger partial charge < -0.3 is 5.32 Å². The number of anilines is 1. The van der Waals surface area contributed by atoms with Crippen LogP contribution < -0.4 is 5.32 Å². The zero-order chi connectivity index (χ0) is 18.3. The molecule has 0 aromatic heterocycles. The van der Waals surface area contributed by atoms with Crippen LogP contribution in [0.3, 0.4) is 0 Å². The van der Waals surface area contributed by atoms with Crippen LogP contribution in [-0.4, -0.2) is 38.0 Å². The monoisotopic (exact) mass is 380 g/mol. The Bertz CT molecular complexity index is 810. The molecule has 5 nitrogen and oxygen atoms in total. The predicted octanol–water partition coefficient (Wildman–Crippen LogP) is 3.17. The van der Waals surface area contributed by atoms with Crippen molar-refractivity contribution in [1.82, 2.24) is 4.31 Å². The minimum atomic E-state index is -3.47. The maximum Gasteiger partial charge on any atom is 0.239 e. The number of aryl methyl sites for hydroxylation is 1. The summed E-state index contributed by atoms with van der Waals surface area (Å²) in [5, 5.41) is 3.16. The first kappa shape index (κ1) is 19.4. The molecule has 0 aliphatic rings. The number of hydrogen-bond acceptors (Lipinski definition) is 3. The fourth-order valence-electron chi connectivity index (χ4n) is 2.39. The van der Waals surface area contributed by atoms with Crippen molar-refractivity contribution in [2.45, 2.75) is 12.8 Å². The molecule has 0 saturated heterocycles. The average molecular weight is 381 g/mol. The van der Waals surface area contributed by atoms with Gasteiger partial charge in [-0.3, -0.25) is 4.79 Å². The lowest BCUT2D eigenvalue weighted by molar-refractivity contribution is -0.116. The van der Waals surface area contributed by atoms with Crippen molar-refractivity contribution in [3.8, 4) is 0 Å². The molecule has 0 bridgehead atoms. The Labute approximate surface area is 153 Å². The zero-order valence-corrected chi connectivity index (χ0v) is 15.6. The van der Waals surface area contributed by atoms with Crippen LogP contribution in [0.4, 0.5) is 5.69 Å². The van der Waals surface area contributed by atoms with Crippen LogP contribution in [0.5, 0.6) is 0 Å². The molecule has 0 atom stereocenters. The molecule has 25 heavy (non-hydrogen) atoms. The first-order valence-corrected chi connectivity index (χ1v) is 10.1. The summed E-state index contributed by atoms with van der Waals surface area (Å²) in [6.45, 7) is 0.0663. The van der Waals surface area contributed by atoms with Crippen molar-refractivity contribution in [2.75, 3.05) is 24.7 Å². The van der Waals surface area contributed by atoms with Gasteiger partial charge in [-0.2, -0.15) is 4.31 Å². The fourth-order valence-corrected chi connectivity index (χ4v) is 3.40. The van der Waals surface area contributed by atoms with Crippen molar-refractivity contribution in [3.63, 3.8) is 0 Å². The molecule has 0 fully saturated rings. The Balaban J connectivity index is 1.92. The molecular formula is C18H21ClN2O3S. The summed E-state index contributed by atoms with van der Waals surface area (Å²) in [6, 6.07) is 16.5. The van der Waals surface area contributed by atoms with Gasteiger partial charge >= 0.3 is 0 Å². The fraction of sp³-hybridized carbons (Fsp3) is 0.278. The Morgan fingerprint density at radius 3 is 2.48 bits per heavy atom. The van der Waals surface area contributed by atoms with E-state index in [1.165, 1.54) is 4.31 Å². The number of halogens is 1. The normalized spacial score (nSPS) is 11.5. The van der Waals surface area contributed by atoms with Gasteiger partial charge in [0.15, 0.2) is 0 Å². The highest BCUT2D eigenvalue weighted by Crippen LogP contribution is 2.15. The van der Waals surface area contributed by atoms with E-state index in [0.717, 1.165) is 18.2 Å². The Kier molecular flexibility index (Phi) is 6.99. The van der Waals surface area contributed by atoms with Crippen molar-refractivity contribution in [2.24, 2.45) is 0 Å². The maximum atomic E-state index is 12.2. The second-order valence-corrected chi connectivity index (χ2v) is 8.16. The summed E-state index contributed by atoms with van der Waals surface area (Å²) in [5.74, 6) is -0.396. The van der Waals surface area contributed by atoms with Gasteiger partial charge in [0.1, 0.15) is 0 Å². The summed E-state index contributed by atoms with van der Waals surface area (Å²) in [7, 11) is -3.47. The quantitative estimate of drug-likeness (QED) is 0.764. The van der Waals surface area contributed by atoms with Gasteiger partial charge in [-0.05, 0) is 36.6 Å². The van der Waals surface area contributed by atoms with E-state index in [9.17, 15) is 13.2 Å². The number of nitrogens with zero attached hydrogens (tertiary/aromatic N) is 1. The van der Waals surface area contributed by atoms with Crippen LogP contribution in [0.15, 0.2) is 54.6 Å². The number of carbonyl (C=O) groups excluding carboxylic acids is 1. The largest absolute Gasteiger partial charge is 0.325 e. The molecular weight excluding hydrogens is 360 g/mol. The highest BCUT2D eigenvalue weighted by atomic mass is 35.5. The van der Waals surface area contributed by atoms with Gasteiger partial charge in [-0.1, -0.05) is 48.0 Å². The van der Waals surface area contributed by atoms with Crippen molar-refractivity contribution >= 4 is 33.2 Å². The lowest BCUT2D eigenvalue weighted by Gasteiger charge is -2.19. The molecule has 0 unspecified atom stereocenters. The molecule has 134 valence electrons. The second kappa shape index (κ2) is 8.99. The summed E-state index contributed by atoms with van der Waals surface area (Å²) in [5.41, 5.74) is 1.68. The van der Waals surface area contributed by atoms with Crippen molar-refractivity contribution < 1.29 is 13.2 Å². The summed E-state index contributed by atoms with van der Waals surface area (Å²) >= 11 is 5.88. The van der Waals surface area contributed by atoms with Gasteiger partial charge in [0.05, 0.1) is 12.8 Å². The molecule has 2 rings (SSSR count). The number of amides is 1. The summed E-state index contributed by atoms with van der Waals surface area (Å²) < 4.78 is 25.1. The smallest absolute Gasteiger partial charge is 0.239 e. The minimum absolute atomic E-state index is 0.222. The first-order valence-electron chi connectivity index (χ1n) is 7.89. The van der Waals surface area contributed by atoms with Crippen molar-refractivity contribution in [1.29, 1.82) is 0 Å². The molecule has 7 heteroatoms. The molecule has 2 aromatic rings. The lowest BCUT2D eigenvalue weighted by Crippen LogP contribution is -2.38. The molecule has 0 aliphatic carbocycles. The second-order valence-electron chi connectivity index (χ2n) is 5.74. The van der Waals surface area contributed by atoms with E-state index in [4.69, 9.17) is 11.6 Å². The topological polar surface area (TPSA) is 66.5 Å². The first-order chi connectivity index (χ1) is 11.8. The van der Waals surface area contributed by atoms with Crippen LogP contribution in [0, 0.1) is 0 Å². The number of hydrogen-bond donors (Lipinski definition) is 1. The Morgan fingerprint density at radius 1 is 1.12 bits per heavy atom. The zero-order valence-electron chi connectivity index (χ0n) is 14.0. The molecule has 0 aliphatic heterocycles. The van der Waals surface area contributed by atoms with E-state index in [-0.39, 0.29) is 13.1 Å². The van der Waals surface area contributed by atoms with E-state index >= 15 is 0 Å². The third-order valence-corrected chi connectivity index (χ3v) is 5.10. The van der Waals surface area contributed by atoms with Crippen LogP contribution in [-0.2, 0) is 21.2 Å². The Morgan fingerprint density at radius 2 is 1.84 bits per heavy atom. The minimum Gasteiger partial charge on any atom is -0.325 e. The molecule has 0 heterocycles. The van der Waals surface area contributed by atoms with Crippen LogP contribution in [0.25, 0.3) is 0 Å². The van der Waals surface area contributed by atoms with Gasteiger partial charge in [0, 0.05) is 17.3 Å². The third kappa shape index (κ3) is 6.86.